The zero-order chi connectivity index (χ0) is 12.1. The standard InChI is InChI=1S/C12H13BrIN3/c13-11-8-10(2-3-12(11)14)16-4-1-6-17-7-5-15-9-17/h2-3,5,7-9,16H,1,4,6H2. The van der Waals surface area contributed by atoms with Gasteiger partial charge in [0.15, 0.2) is 0 Å². The van der Waals surface area contributed by atoms with E-state index in [1.54, 1.807) is 0 Å². The van der Waals surface area contributed by atoms with Crippen LogP contribution in [0.5, 0.6) is 0 Å². The predicted octanol–water partition coefficient (Wildman–Crippen LogP) is 3.75. The summed E-state index contributed by atoms with van der Waals surface area (Å²) in [5.74, 6) is 0. The van der Waals surface area contributed by atoms with E-state index >= 15 is 0 Å². The van der Waals surface area contributed by atoms with Crippen LogP contribution >= 0.6 is 38.5 Å². The number of benzene rings is 1. The van der Waals surface area contributed by atoms with Gasteiger partial charge in [0.05, 0.1) is 6.33 Å². The Morgan fingerprint density at radius 2 is 2.29 bits per heavy atom. The Labute approximate surface area is 123 Å². The number of nitrogens with zero attached hydrogens (tertiary/aromatic N) is 2. The van der Waals surface area contributed by atoms with Crippen LogP contribution in [0, 0.1) is 3.57 Å². The van der Waals surface area contributed by atoms with Gasteiger partial charge in [0.25, 0.3) is 0 Å². The van der Waals surface area contributed by atoms with E-state index in [1.165, 1.54) is 3.57 Å². The molecule has 2 rings (SSSR count). The maximum atomic E-state index is 4.02. The first-order valence-electron chi connectivity index (χ1n) is 5.40. The van der Waals surface area contributed by atoms with Crippen molar-refractivity contribution in [2.24, 2.45) is 0 Å². The number of hydrogen-bond acceptors (Lipinski definition) is 2. The van der Waals surface area contributed by atoms with Crippen molar-refractivity contribution >= 4 is 44.2 Å². The molecule has 17 heavy (non-hydrogen) atoms. The minimum atomic E-state index is 0.964. The Bertz CT molecular complexity index is 471. The van der Waals surface area contributed by atoms with E-state index in [0.29, 0.717) is 0 Å². The monoisotopic (exact) mass is 405 g/mol. The summed E-state index contributed by atoms with van der Waals surface area (Å²) in [6.45, 7) is 1.96. The average Bonchev–Trinajstić information content (AvgIpc) is 2.82. The van der Waals surface area contributed by atoms with E-state index < -0.39 is 0 Å². The number of aromatic nitrogens is 2. The Hall–Kier alpha value is -0.560. The zero-order valence-corrected chi connectivity index (χ0v) is 13.0. The van der Waals surface area contributed by atoms with Crippen molar-refractivity contribution in [3.05, 3.63) is 45.0 Å². The van der Waals surface area contributed by atoms with Crippen LogP contribution in [0.15, 0.2) is 41.4 Å². The average molecular weight is 406 g/mol. The van der Waals surface area contributed by atoms with Crippen LogP contribution in [-0.4, -0.2) is 16.1 Å². The van der Waals surface area contributed by atoms with E-state index in [9.17, 15) is 0 Å². The van der Waals surface area contributed by atoms with Gasteiger partial charge >= 0.3 is 0 Å². The molecule has 0 bridgehead atoms. The van der Waals surface area contributed by atoms with Gasteiger partial charge in [-0.2, -0.15) is 0 Å². The minimum Gasteiger partial charge on any atom is -0.385 e. The zero-order valence-electron chi connectivity index (χ0n) is 9.24. The van der Waals surface area contributed by atoms with Crippen LogP contribution in [0.3, 0.4) is 0 Å². The van der Waals surface area contributed by atoms with Crippen molar-refractivity contribution in [3.8, 4) is 0 Å². The summed E-state index contributed by atoms with van der Waals surface area (Å²) in [6, 6.07) is 6.31. The normalized spacial score (nSPS) is 10.5. The first-order valence-corrected chi connectivity index (χ1v) is 7.27. The molecular weight excluding hydrogens is 393 g/mol. The molecule has 1 aromatic carbocycles. The maximum Gasteiger partial charge on any atom is 0.0945 e. The van der Waals surface area contributed by atoms with Gasteiger partial charge in [-0.25, -0.2) is 4.98 Å². The molecule has 0 saturated carbocycles. The third-order valence-electron chi connectivity index (χ3n) is 2.40. The lowest BCUT2D eigenvalue weighted by atomic mass is 10.3. The largest absolute Gasteiger partial charge is 0.385 e. The van der Waals surface area contributed by atoms with Gasteiger partial charge in [0.1, 0.15) is 0 Å². The van der Waals surface area contributed by atoms with E-state index in [4.69, 9.17) is 0 Å². The Morgan fingerprint density at radius 3 is 3.00 bits per heavy atom. The molecular formula is C12H13BrIN3. The lowest BCUT2D eigenvalue weighted by Crippen LogP contribution is -2.05. The SMILES string of the molecule is Brc1cc(NCCCn2ccnc2)ccc1I. The molecule has 1 N–H and O–H groups in total. The van der Waals surface area contributed by atoms with Crippen LogP contribution in [0.2, 0.25) is 0 Å². The quantitative estimate of drug-likeness (QED) is 0.606. The molecule has 5 heteroatoms. The third kappa shape index (κ3) is 3.99. The van der Waals surface area contributed by atoms with Gasteiger partial charge < -0.3 is 9.88 Å². The van der Waals surface area contributed by atoms with Gasteiger partial charge in [-0.3, -0.25) is 0 Å². The summed E-state index contributed by atoms with van der Waals surface area (Å²) in [5.41, 5.74) is 1.16. The summed E-state index contributed by atoms with van der Waals surface area (Å²) in [7, 11) is 0. The molecule has 0 aliphatic carbocycles. The number of imidazole rings is 1. The molecule has 0 fully saturated rings. The molecule has 3 nitrogen and oxygen atoms in total. The lowest BCUT2D eigenvalue weighted by Gasteiger charge is -2.07. The Balaban J connectivity index is 1.76. The Kier molecular flexibility index (Phi) is 4.85. The summed E-state index contributed by atoms with van der Waals surface area (Å²) in [5, 5.41) is 3.41. The third-order valence-corrected chi connectivity index (χ3v) is 4.74. The summed E-state index contributed by atoms with van der Waals surface area (Å²) in [4.78, 5) is 4.02. The maximum absolute atomic E-state index is 4.02. The number of nitrogens with one attached hydrogen (secondary N) is 1. The number of anilines is 1. The van der Waals surface area contributed by atoms with Crippen LogP contribution < -0.4 is 5.32 Å². The first kappa shape index (κ1) is 12.9. The van der Waals surface area contributed by atoms with Gasteiger partial charge in [-0.05, 0) is 63.1 Å². The number of hydrogen-bond donors (Lipinski definition) is 1. The molecule has 0 aliphatic rings. The predicted molar refractivity (Wildman–Crippen MR) is 82.2 cm³/mol. The highest BCUT2D eigenvalue weighted by Gasteiger charge is 1.98. The summed E-state index contributed by atoms with van der Waals surface area (Å²) < 4.78 is 4.45. The molecule has 0 saturated heterocycles. The van der Waals surface area contributed by atoms with Crippen molar-refractivity contribution in [2.45, 2.75) is 13.0 Å². The van der Waals surface area contributed by atoms with E-state index in [1.807, 2.05) is 18.7 Å². The van der Waals surface area contributed by atoms with E-state index in [2.05, 4.69) is 71.6 Å². The number of halogens is 2. The van der Waals surface area contributed by atoms with Crippen molar-refractivity contribution in [1.82, 2.24) is 9.55 Å². The highest BCUT2D eigenvalue weighted by molar-refractivity contribution is 14.1. The molecule has 0 atom stereocenters. The summed E-state index contributed by atoms with van der Waals surface area (Å²) >= 11 is 5.83. The highest BCUT2D eigenvalue weighted by Crippen LogP contribution is 2.22. The van der Waals surface area contributed by atoms with Crippen LogP contribution in [-0.2, 0) is 6.54 Å². The molecule has 0 radical (unpaired) electrons. The molecule has 0 spiro atoms. The second-order valence-electron chi connectivity index (χ2n) is 3.71. The molecule has 0 aliphatic heterocycles. The van der Waals surface area contributed by atoms with E-state index in [-0.39, 0.29) is 0 Å². The summed E-state index contributed by atoms with van der Waals surface area (Å²) in [6.07, 6.45) is 6.73. The van der Waals surface area contributed by atoms with Gasteiger partial charge in [0.2, 0.25) is 0 Å². The minimum absolute atomic E-state index is 0.964. The second kappa shape index (κ2) is 6.39. The topological polar surface area (TPSA) is 29.9 Å². The molecule has 1 aromatic heterocycles. The van der Waals surface area contributed by atoms with Gasteiger partial charge in [-0.1, -0.05) is 0 Å². The number of rotatable bonds is 5. The van der Waals surface area contributed by atoms with E-state index in [0.717, 1.165) is 29.7 Å². The fourth-order valence-electron chi connectivity index (χ4n) is 1.52. The molecule has 90 valence electrons. The van der Waals surface area contributed by atoms with Crippen molar-refractivity contribution in [3.63, 3.8) is 0 Å². The van der Waals surface area contributed by atoms with Crippen molar-refractivity contribution in [1.29, 1.82) is 0 Å². The fourth-order valence-corrected chi connectivity index (χ4v) is 2.23. The molecule has 1 heterocycles. The number of aryl methyl sites for hydroxylation is 1. The Morgan fingerprint density at radius 1 is 1.41 bits per heavy atom. The van der Waals surface area contributed by atoms with Crippen LogP contribution in [0.4, 0.5) is 5.69 Å². The lowest BCUT2D eigenvalue weighted by molar-refractivity contribution is 0.661. The van der Waals surface area contributed by atoms with Crippen molar-refractivity contribution < 1.29 is 0 Å². The molecule has 0 unspecified atom stereocenters. The van der Waals surface area contributed by atoms with Gasteiger partial charge in [-0.15, -0.1) is 0 Å². The van der Waals surface area contributed by atoms with Crippen LogP contribution in [0.25, 0.3) is 0 Å². The molecule has 2 aromatic rings. The highest BCUT2D eigenvalue weighted by atomic mass is 127. The van der Waals surface area contributed by atoms with Crippen molar-refractivity contribution in [2.75, 3.05) is 11.9 Å². The fraction of sp³-hybridized carbons (Fsp3) is 0.250. The first-order chi connectivity index (χ1) is 8.25. The van der Waals surface area contributed by atoms with Crippen LogP contribution in [0.1, 0.15) is 6.42 Å². The van der Waals surface area contributed by atoms with Gasteiger partial charge in [0, 0.05) is 39.2 Å². The second-order valence-corrected chi connectivity index (χ2v) is 5.73. The molecule has 0 amide bonds. The smallest absolute Gasteiger partial charge is 0.0945 e.